The molecule has 0 saturated carbocycles. The lowest BCUT2D eigenvalue weighted by Gasteiger charge is -1.92. The van der Waals surface area contributed by atoms with Crippen molar-refractivity contribution in [2.24, 2.45) is 7.05 Å². The molecule has 0 aliphatic heterocycles. The molecule has 10 heavy (non-hydrogen) atoms. The summed E-state index contributed by atoms with van der Waals surface area (Å²) in [4.78, 5) is 0. The van der Waals surface area contributed by atoms with E-state index in [1.165, 1.54) is 4.68 Å². The molecule has 0 saturated heterocycles. The van der Waals surface area contributed by atoms with Gasteiger partial charge in [-0.2, -0.15) is 0 Å². The summed E-state index contributed by atoms with van der Waals surface area (Å²) in [6.07, 6.45) is 0. The molecule has 0 bridgehead atoms. The minimum absolute atomic E-state index is 0.250. The molecule has 1 atom stereocenters. The fourth-order valence-corrected chi connectivity index (χ4v) is 1.25. The third-order valence-corrected chi connectivity index (χ3v) is 1.99. The third-order valence-electron chi connectivity index (χ3n) is 1.10. The molecule has 0 spiro atoms. The van der Waals surface area contributed by atoms with Crippen LogP contribution >= 0.6 is 0 Å². The molecular formula is C4H7N3O2S. The van der Waals surface area contributed by atoms with E-state index in [4.69, 9.17) is 4.55 Å². The number of rotatable bonds is 1. The Bertz CT molecular complexity index is 250. The molecular weight excluding hydrogens is 154 g/mol. The second-order valence-electron chi connectivity index (χ2n) is 1.85. The average Bonchev–Trinajstić information content (AvgIpc) is 2.11. The monoisotopic (exact) mass is 161 g/mol. The van der Waals surface area contributed by atoms with Crippen LogP contribution in [0.25, 0.3) is 0 Å². The summed E-state index contributed by atoms with van der Waals surface area (Å²) in [6.45, 7) is 1.64. The van der Waals surface area contributed by atoms with E-state index in [1.54, 1.807) is 14.0 Å². The van der Waals surface area contributed by atoms with Gasteiger partial charge >= 0.3 is 0 Å². The first-order chi connectivity index (χ1) is 4.63. The second kappa shape index (κ2) is 2.47. The third kappa shape index (κ3) is 1.07. The Hall–Kier alpha value is -0.750. The number of hydrogen-bond acceptors (Lipinski definition) is 3. The first kappa shape index (κ1) is 7.36. The van der Waals surface area contributed by atoms with Gasteiger partial charge in [0, 0.05) is 7.05 Å². The molecule has 0 radical (unpaired) electrons. The zero-order valence-electron chi connectivity index (χ0n) is 5.61. The highest BCUT2D eigenvalue weighted by molar-refractivity contribution is 7.79. The molecule has 0 aliphatic rings. The van der Waals surface area contributed by atoms with E-state index in [1.807, 2.05) is 0 Å². The fraction of sp³-hybridized carbons (Fsp3) is 0.500. The van der Waals surface area contributed by atoms with Gasteiger partial charge in [0.15, 0.2) is 5.03 Å². The zero-order valence-corrected chi connectivity index (χ0v) is 6.42. The molecule has 1 heterocycles. The maximum Gasteiger partial charge on any atom is 0.207 e. The van der Waals surface area contributed by atoms with Gasteiger partial charge in [0.25, 0.3) is 0 Å². The smallest absolute Gasteiger partial charge is 0.207 e. The van der Waals surface area contributed by atoms with E-state index in [-0.39, 0.29) is 5.03 Å². The Morgan fingerprint density at radius 1 is 1.70 bits per heavy atom. The van der Waals surface area contributed by atoms with Gasteiger partial charge in [0.1, 0.15) is 0 Å². The van der Waals surface area contributed by atoms with Crippen LogP contribution in [0, 0.1) is 6.92 Å². The molecule has 0 aliphatic carbocycles. The first-order valence-electron chi connectivity index (χ1n) is 2.60. The summed E-state index contributed by atoms with van der Waals surface area (Å²) < 4.78 is 20.4. The molecule has 0 fully saturated rings. The molecule has 1 aromatic rings. The standard InChI is InChI=1S/C4H7N3O2S/c1-3-4(10(8)9)7(2)6-5-3/h1-2H3,(H,8,9). The van der Waals surface area contributed by atoms with E-state index in [2.05, 4.69) is 10.3 Å². The summed E-state index contributed by atoms with van der Waals surface area (Å²) in [5.74, 6) is 0. The summed E-state index contributed by atoms with van der Waals surface area (Å²) in [7, 11) is 1.57. The number of nitrogens with zero attached hydrogens (tertiary/aromatic N) is 3. The van der Waals surface area contributed by atoms with Crippen molar-refractivity contribution in [2.75, 3.05) is 0 Å². The summed E-state index contributed by atoms with van der Waals surface area (Å²) in [6, 6.07) is 0. The van der Waals surface area contributed by atoms with Crippen molar-refractivity contribution < 1.29 is 8.76 Å². The SMILES string of the molecule is Cc1nnn(C)c1S(=O)O. The Morgan fingerprint density at radius 3 is 2.50 bits per heavy atom. The second-order valence-corrected chi connectivity index (χ2v) is 2.74. The van der Waals surface area contributed by atoms with E-state index in [0.29, 0.717) is 5.69 Å². The van der Waals surface area contributed by atoms with Crippen molar-refractivity contribution in [1.29, 1.82) is 0 Å². The van der Waals surface area contributed by atoms with Crippen LogP contribution in [-0.4, -0.2) is 23.8 Å². The molecule has 1 unspecified atom stereocenters. The topological polar surface area (TPSA) is 68.0 Å². The van der Waals surface area contributed by atoms with Gasteiger partial charge in [0.2, 0.25) is 11.1 Å². The highest BCUT2D eigenvalue weighted by atomic mass is 32.2. The van der Waals surface area contributed by atoms with Crippen molar-refractivity contribution in [3.8, 4) is 0 Å². The first-order valence-corrected chi connectivity index (χ1v) is 3.70. The molecule has 1 aromatic heterocycles. The van der Waals surface area contributed by atoms with Crippen molar-refractivity contribution >= 4 is 11.1 Å². The van der Waals surface area contributed by atoms with Crippen molar-refractivity contribution in [3.63, 3.8) is 0 Å². The van der Waals surface area contributed by atoms with Crippen LogP contribution in [0.15, 0.2) is 5.03 Å². The summed E-state index contributed by atoms with van der Waals surface area (Å²) in [5, 5.41) is 7.40. The molecule has 1 N–H and O–H groups in total. The van der Waals surface area contributed by atoms with Crippen molar-refractivity contribution in [3.05, 3.63) is 5.69 Å². The molecule has 0 aromatic carbocycles. The van der Waals surface area contributed by atoms with Crippen LogP contribution in [0.2, 0.25) is 0 Å². The highest BCUT2D eigenvalue weighted by Gasteiger charge is 2.10. The van der Waals surface area contributed by atoms with Crippen molar-refractivity contribution in [1.82, 2.24) is 15.0 Å². The van der Waals surface area contributed by atoms with Gasteiger partial charge in [-0.25, -0.2) is 8.89 Å². The number of aryl methyl sites for hydroxylation is 2. The Morgan fingerprint density at radius 2 is 2.30 bits per heavy atom. The Labute approximate surface area is 60.3 Å². The lowest BCUT2D eigenvalue weighted by molar-refractivity contribution is 0.545. The van der Waals surface area contributed by atoms with Gasteiger partial charge in [0.05, 0.1) is 5.69 Å². The quantitative estimate of drug-likeness (QED) is 0.574. The molecule has 1 rings (SSSR count). The predicted octanol–water partition coefficient (Wildman–Crippen LogP) is -0.296. The maximum absolute atomic E-state index is 10.5. The summed E-state index contributed by atoms with van der Waals surface area (Å²) in [5.41, 5.74) is 0.489. The molecule has 56 valence electrons. The lowest BCUT2D eigenvalue weighted by atomic mass is 10.6. The minimum Gasteiger partial charge on any atom is -0.301 e. The van der Waals surface area contributed by atoms with Gasteiger partial charge < -0.3 is 4.55 Å². The lowest BCUT2D eigenvalue weighted by Crippen LogP contribution is -2.00. The number of aromatic nitrogens is 3. The van der Waals surface area contributed by atoms with Gasteiger partial charge in [-0.3, -0.25) is 0 Å². The maximum atomic E-state index is 10.5. The fourth-order valence-electron chi connectivity index (χ4n) is 0.691. The van der Waals surface area contributed by atoms with E-state index in [0.717, 1.165) is 0 Å². The van der Waals surface area contributed by atoms with Gasteiger partial charge in [-0.1, -0.05) is 5.21 Å². The molecule has 0 amide bonds. The van der Waals surface area contributed by atoms with Crippen LogP contribution in [-0.2, 0) is 18.1 Å². The minimum atomic E-state index is -1.98. The normalized spacial score (nSPS) is 13.5. The van der Waals surface area contributed by atoms with E-state index < -0.39 is 11.1 Å². The van der Waals surface area contributed by atoms with Crippen LogP contribution < -0.4 is 0 Å². The summed E-state index contributed by atoms with van der Waals surface area (Å²) >= 11 is -1.98. The van der Waals surface area contributed by atoms with Crippen LogP contribution in [0.4, 0.5) is 0 Å². The van der Waals surface area contributed by atoms with Crippen molar-refractivity contribution in [2.45, 2.75) is 11.9 Å². The van der Waals surface area contributed by atoms with Crippen LogP contribution in [0.5, 0.6) is 0 Å². The number of hydrogen-bond donors (Lipinski definition) is 1. The van der Waals surface area contributed by atoms with Gasteiger partial charge in [-0.15, -0.1) is 5.10 Å². The largest absolute Gasteiger partial charge is 0.301 e. The van der Waals surface area contributed by atoms with E-state index >= 15 is 0 Å². The molecule has 5 nitrogen and oxygen atoms in total. The Balaban J connectivity index is 3.23. The van der Waals surface area contributed by atoms with E-state index in [9.17, 15) is 4.21 Å². The molecule has 6 heteroatoms. The average molecular weight is 161 g/mol. The predicted molar refractivity (Wildman–Crippen MR) is 34.8 cm³/mol. The van der Waals surface area contributed by atoms with Crippen LogP contribution in [0.1, 0.15) is 5.69 Å². The Kier molecular flexibility index (Phi) is 1.82. The van der Waals surface area contributed by atoms with Crippen LogP contribution in [0.3, 0.4) is 0 Å². The zero-order chi connectivity index (χ0) is 7.72. The van der Waals surface area contributed by atoms with Gasteiger partial charge in [-0.05, 0) is 6.92 Å². The highest BCUT2D eigenvalue weighted by Crippen LogP contribution is 2.04.